The Bertz CT molecular complexity index is 316. The SMILES string of the molecule is C1=CC2(C34CCC(CC3)O4)CCC(C1)N2. The van der Waals surface area contributed by atoms with Crippen LogP contribution in [0.15, 0.2) is 12.2 Å². The zero-order chi connectivity index (χ0) is 9.93. The van der Waals surface area contributed by atoms with E-state index >= 15 is 0 Å². The summed E-state index contributed by atoms with van der Waals surface area (Å²) in [5, 5.41) is 3.85. The normalized spacial score (nSPS) is 56.5. The Hall–Kier alpha value is -0.340. The standard InChI is InChI=1S/C13H19NO/c1-2-10-3-7-12(6-1,14-10)13-8-4-11(15-13)5-9-13/h1,6,10-11,14H,2-5,7-9H2. The molecule has 82 valence electrons. The molecule has 0 saturated carbocycles. The fourth-order valence-corrected chi connectivity index (χ4v) is 4.33. The minimum Gasteiger partial charge on any atom is -0.369 e. The maximum absolute atomic E-state index is 6.31. The number of hydrogen-bond donors (Lipinski definition) is 1. The highest BCUT2D eigenvalue weighted by Gasteiger charge is 2.60. The van der Waals surface area contributed by atoms with E-state index < -0.39 is 0 Å². The lowest BCUT2D eigenvalue weighted by atomic mass is 9.72. The molecule has 4 aliphatic heterocycles. The van der Waals surface area contributed by atoms with Crippen LogP contribution in [-0.2, 0) is 4.74 Å². The summed E-state index contributed by atoms with van der Waals surface area (Å²) in [6.45, 7) is 0. The summed E-state index contributed by atoms with van der Waals surface area (Å²) in [6.07, 6.45) is 14.4. The lowest BCUT2D eigenvalue weighted by Gasteiger charge is -2.44. The van der Waals surface area contributed by atoms with Crippen LogP contribution in [0.3, 0.4) is 0 Å². The van der Waals surface area contributed by atoms with E-state index in [0.717, 1.165) is 6.04 Å². The van der Waals surface area contributed by atoms with Crippen LogP contribution in [0, 0.1) is 0 Å². The molecule has 4 heterocycles. The molecule has 0 aromatic rings. The topological polar surface area (TPSA) is 21.3 Å². The van der Waals surface area contributed by atoms with E-state index in [0.29, 0.717) is 6.10 Å². The number of nitrogens with one attached hydrogen (secondary N) is 1. The van der Waals surface area contributed by atoms with Crippen LogP contribution in [0.25, 0.3) is 0 Å². The molecule has 1 N–H and O–H groups in total. The molecule has 4 rings (SSSR count). The van der Waals surface area contributed by atoms with Gasteiger partial charge in [0.15, 0.2) is 0 Å². The van der Waals surface area contributed by atoms with Crippen molar-refractivity contribution in [3.05, 3.63) is 12.2 Å². The maximum Gasteiger partial charge on any atom is 0.0904 e. The highest BCUT2D eigenvalue weighted by atomic mass is 16.5. The van der Waals surface area contributed by atoms with Gasteiger partial charge in [0.2, 0.25) is 0 Å². The average molecular weight is 205 g/mol. The fraction of sp³-hybridized carbons (Fsp3) is 0.846. The maximum atomic E-state index is 6.31. The quantitative estimate of drug-likeness (QED) is 0.662. The highest BCUT2D eigenvalue weighted by Crippen LogP contribution is 2.54. The molecule has 3 saturated heterocycles. The van der Waals surface area contributed by atoms with Crippen LogP contribution in [0.5, 0.6) is 0 Å². The van der Waals surface area contributed by atoms with Crippen molar-refractivity contribution in [2.24, 2.45) is 0 Å². The molecular weight excluding hydrogens is 186 g/mol. The van der Waals surface area contributed by atoms with Crippen LogP contribution >= 0.6 is 0 Å². The summed E-state index contributed by atoms with van der Waals surface area (Å²) in [6, 6.07) is 0.729. The van der Waals surface area contributed by atoms with Gasteiger partial charge in [-0.15, -0.1) is 0 Å². The van der Waals surface area contributed by atoms with Crippen molar-refractivity contribution in [1.29, 1.82) is 0 Å². The van der Waals surface area contributed by atoms with E-state index in [9.17, 15) is 0 Å². The van der Waals surface area contributed by atoms with Gasteiger partial charge in [0.25, 0.3) is 0 Å². The molecule has 2 heteroatoms. The van der Waals surface area contributed by atoms with E-state index in [2.05, 4.69) is 17.5 Å². The third kappa shape index (κ3) is 0.974. The lowest BCUT2D eigenvalue weighted by Crippen LogP contribution is -2.59. The molecule has 15 heavy (non-hydrogen) atoms. The van der Waals surface area contributed by atoms with E-state index in [1.54, 1.807) is 0 Å². The molecule has 2 nitrogen and oxygen atoms in total. The van der Waals surface area contributed by atoms with E-state index in [1.807, 2.05) is 0 Å². The van der Waals surface area contributed by atoms with Crippen molar-refractivity contribution in [2.45, 2.75) is 68.2 Å². The van der Waals surface area contributed by atoms with Crippen molar-refractivity contribution < 1.29 is 4.74 Å². The van der Waals surface area contributed by atoms with Gasteiger partial charge in [-0.25, -0.2) is 0 Å². The Kier molecular flexibility index (Phi) is 1.56. The molecule has 0 radical (unpaired) electrons. The Morgan fingerprint density at radius 3 is 2.73 bits per heavy atom. The predicted molar refractivity (Wildman–Crippen MR) is 58.7 cm³/mol. The summed E-state index contributed by atoms with van der Waals surface area (Å²) < 4.78 is 6.31. The summed E-state index contributed by atoms with van der Waals surface area (Å²) in [4.78, 5) is 0. The van der Waals surface area contributed by atoms with Crippen LogP contribution in [0.1, 0.15) is 44.9 Å². The van der Waals surface area contributed by atoms with Gasteiger partial charge in [0.1, 0.15) is 0 Å². The molecule has 4 aliphatic rings. The van der Waals surface area contributed by atoms with Gasteiger partial charge in [-0.1, -0.05) is 12.2 Å². The Morgan fingerprint density at radius 2 is 2.00 bits per heavy atom. The second kappa shape index (κ2) is 2.67. The van der Waals surface area contributed by atoms with Gasteiger partial charge in [0, 0.05) is 6.04 Å². The highest BCUT2D eigenvalue weighted by molar-refractivity contribution is 5.27. The number of hydrogen-bond acceptors (Lipinski definition) is 2. The Morgan fingerprint density at radius 1 is 1.13 bits per heavy atom. The van der Waals surface area contributed by atoms with E-state index in [4.69, 9.17) is 4.74 Å². The molecule has 0 spiro atoms. The van der Waals surface area contributed by atoms with Crippen molar-refractivity contribution in [2.75, 3.05) is 0 Å². The van der Waals surface area contributed by atoms with Gasteiger partial charge < -0.3 is 10.1 Å². The lowest BCUT2D eigenvalue weighted by molar-refractivity contribution is -0.0397. The van der Waals surface area contributed by atoms with Crippen LogP contribution in [0.4, 0.5) is 0 Å². The van der Waals surface area contributed by atoms with Crippen LogP contribution < -0.4 is 5.32 Å². The third-order valence-corrected chi connectivity index (χ3v) is 5.12. The molecule has 4 bridgehead atoms. The molecule has 0 aromatic heterocycles. The van der Waals surface area contributed by atoms with Gasteiger partial charge in [-0.3, -0.25) is 0 Å². The summed E-state index contributed by atoms with van der Waals surface area (Å²) in [5.74, 6) is 0. The first kappa shape index (κ1) is 8.77. The third-order valence-electron chi connectivity index (χ3n) is 5.12. The molecule has 2 atom stereocenters. The van der Waals surface area contributed by atoms with Crippen LogP contribution in [-0.4, -0.2) is 23.3 Å². The monoisotopic (exact) mass is 205 g/mol. The molecule has 0 amide bonds. The number of ether oxygens (including phenoxy) is 1. The molecule has 2 unspecified atom stereocenters. The van der Waals surface area contributed by atoms with Crippen molar-refractivity contribution in [1.82, 2.24) is 5.32 Å². The second-order valence-corrected chi connectivity index (χ2v) is 5.80. The molecule has 3 fully saturated rings. The summed E-state index contributed by atoms with van der Waals surface area (Å²) >= 11 is 0. The van der Waals surface area contributed by atoms with Crippen molar-refractivity contribution >= 4 is 0 Å². The molecular formula is C13H19NO. The zero-order valence-electron chi connectivity index (χ0n) is 9.17. The fourth-order valence-electron chi connectivity index (χ4n) is 4.33. The summed E-state index contributed by atoms with van der Waals surface area (Å²) in [7, 11) is 0. The number of fused-ring (bicyclic) bond motifs is 5. The Labute approximate surface area is 91.1 Å². The average Bonchev–Trinajstić information content (AvgIpc) is 2.94. The summed E-state index contributed by atoms with van der Waals surface area (Å²) in [5.41, 5.74) is 0.379. The van der Waals surface area contributed by atoms with Crippen molar-refractivity contribution in [3.63, 3.8) is 0 Å². The molecule has 0 aromatic carbocycles. The first-order valence-corrected chi connectivity index (χ1v) is 6.45. The van der Waals surface area contributed by atoms with Crippen molar-refractivity contribution in [3.8, 4) is 0 Å². The van der Waals surface area contributed by atoms with Gasteiger partial charge in [-0.2, -0.15) is 0 Å². The first-order valence-electron chi connectivity index (χ1n) is 6.45. The molecule has 0 aliphatic carbocycles. The van der Waals surface area contributed by atoms with Gasteiger partial charge in [-0.05, 0) is 44.9 Å². The first-order chi connectivity index (χ1) is 7.32. The number of rotatable bonds is 1. The minimum atomic E-state index is 0.170. The van der Waals surface area contributed by atoms with Crippen LogP contribution in [0.2, 0.25) is 0 Å². The van der Waals surface area contributed by atoms with Gasteiger partial charge in [0.05, 0.1) is 17.2 Å². The predicted octanol–water partition coefficient (Wildman–Crippen LogP) is 2.15. The largest absolute Gasteiger partial charge is 0.369 e. The zero-order valence-corrected chi connectivity index (χ0v) is 9.17. The second-order valence-electron chi connectivity index (χ2n) is 5.80. The minimum absolute atomic E-state index is 0.170. The smallest absolute Gasteiger partial charge is 0.0904 e. The van der Waals surface area contributed by atoms with E-state index in [-0.39, 0.29) is 11.1 Å². The Balaban J connectivity index is 1.76. The van der Waals surface area contributed by atoms with E-state index in [1.165, 1.54) is 44.9 Å². The van der Waals surface area contributed by atoms with Gasteiger partial charge >= 0.3 is 0 Å².